The van der Waals surface area contributed by atoms with Crippen molar-refractivity contribution in [3.05, 3.63) is 68.9 Å². The maximum absolute atomic E-state index is 11.9. The van der Waals surface area contributed by atoms with E-state index in [1.807, 2.05) is 48.5 Å². The fourth-order valence-corrected chi connectivity index (χ4v) is 2.56. The van der Waals surface area contributed by atoms with E-state index in [4.69, 9.17) is 9.47 Å². The molecule has 5 heteroatoms. The smallest absolute Gasteiger partial charge is 0.363 e. The third-order valence-electron chi connectivity index (χ3n) is 3.11. The van der Waals surface area contributed by atoms with Gasteiger partial charge in [-0.25, -0.2) is 9.79 Å². The minimum Gasteiger partial charge on any atom is -0.497 e. The average molecular weight is 405 g/mol. The van der Waals surface area contributed by atoms with Gasteiger partial charge in [0.25, 0.3) is 0 Å². The summed E-state index contributed by atoms with van der Waals surface area (Å²) in [4.78, 5) is 16.2. The van der Waals surface area contributed by atoms with Crippen molar-refractivity contribution in [3.8, 4) is 5.75 Å². The van der Waals surface area contributed by atoms with Crippen LogP contribution < -0.4 is 4.74 Å². The Hall–Kier alpha value is -2.15. The number of hydrogen-bond donors (Lipinski definition) is 0. The van der Waals surface area contributed by atoms with Crippen LogP contribution >= 0.6 is 22.6 Å². The lowest BCUT2D eigenvalue weighted by Crippen LogP contribution is -2.05. The number of methoxy groups -OCH3 is 1. The molecular weight excluding hydrogens is 393 g/mol. The summed E-state index contributed by atoms with van der Waals surface area (Å²) in [7, 11) is 1.61. The van der Waals surface area contributed by atoms with Gasteiger partial charge >= 0.3 is 5.97 Å². The molecule has 1 aliphatic heterocycles. The van der Waals surface area contributed by atoms with Crippen molar-refractivity contribution in [2.75, 3.05) is 7.11 Å². The van der Waals surface area contributed by atoms with E-state index in [1.165, 1.54) is 0 Å². The van der Waals surface area contributed by atoms with Crippen molar-refractivity contribution in [1.82, 2.24) is 0 Å². The Balaban J connectivity index is 1.90. The summed E-state index contributed by atoms with van der Waals surface area (Å²) in [6.07, 6.45) is 1.70. The van der Waals surface area contributed by atoms with E-state index in [0.29, 0.717) is 11.6 Å². The topological polar surface area (TPSA) is 47.9 Å². The number of esters is 1. The molecule has 2 aromatic carbocycles. The van der Waals surface area contributed by atoms with Crippen LogP contribution in [0.2, 0.25) is 0 Å². The molecule has 0 fully saturated rings. The van der Waals surface area contributed by atoms with E-state index >= 15 is 0 Å². The van der Waals surface area contributed by atoms with Gasteiger partial charge in [0, 0.05) is 9.13 Å². The zero-order valence-electron chi connectivity index (χ0n) is 11.7. The Morgan fingerprint density at radius 1 is 1.18 bits per heavy atom. The van der Waals surface area contributed by atoms with Crippen LogP contribution in [0.5, 0.6) is 5.75 Å². The fourth-order valence-electron chi connectivity index (χ4n) is 2.01. The van der Waals surface area contributed by atoms with Crippen LogP contribution in [-0.2, 0) is 9.53 Å². The lowest BCUT2D eigenvalue weighted by atomic mass is 10.2. The second kappa shape index (κ2) is 6.31. The number of benzene rings is 2. The lowest BCUT2D eigenvalue weighted by molar-refractivity contribution is -0.129. The SMILES string of the molecule is COc1ccc(/C=C2\N=C(c3cccc(I)c3)OC2=O)cc1. The number of ether oxygens (including phenoxy) is 2. The number of halogens is 1. The molecule has 0 bridgehead atoms. The maximum Gasteiger partial charge on any atom is 0.363 e. The summed E-state index contributed by atoms with van der Waals surface area (Å²) in [6.45, 7) is 0. The Morgan fingerprint density at radius 3 is 2.64 bits per heavy atom. The average Bonchev–Trinajstić information content (AvgIpc) is 2.89. The first-order valence-corrected chi connectivity index (χ1v) is 7.66. The first-order valence-electron chi connectivity index (χ1n) is 6.58. The maximum atomic E-state index is 11.9. The zero-order valence-corrected chi connectivity index (χ0v) is 13.9. The first kappa shape index (κ1) is 14.8. The second-order valence-corrected chi connectivity index (χ2v) is 5.87. The lowest BCUT2D eigenvalue weighted by Gasteiger charge is -1.99. The monoisotopic (exact) mass is 405 g/mol. The van der Waals surface area contributed by atoms with Gasteiger partial charge in [-0.05, 0) is 64.6 Å². The molecule has 0 radical (unpaired) electrons. The molecule has 22 heavy (non-hydrogen) atoms. The van der Waals surface area contributed by atoms with Crippen molar-refractivity contribution in [2.45, 2.75) is 0 Å². The summed E-state index contributed by atoms with van der Waals surface area (Å²) in [6, 6.07) is 15.0. The highest BCUT2D eigenvalue weighted by Crippen LogP contribution is 2.21. The number of nitrogens with zero attached hydrogens (tertiary/aromatic N) is 1. The van der Waals surface area contributed by atoms with Gasteiger partial charge in [0.05, 0.1) is 7.11 Å². The number of cyclic esters (lactones) is 1. The molecule has 0 spiro atoms. The Labute approximate surface area is 141 Å². The number of rotatable bonds is 3. The van der Waals surface area contributed by atoms with Crippen molar-refractivity contribution >= 4 is 40.5 Å². The van der Waals surface area contributed by atoms with Gasteiger partial charge in [-0.15, -0.1) is 0 Å². The molecular formula is C17H12INO3. The first-order chi connectivity index (χ1) is 10.7. The Morgan fingerprint density at radius 2 is 1.95 bits per heavy atom. The summed E-state index contributed by atoms with van der Waals surface area (Å²) in [5.41, 5.74) is 1.94. The summed E-state index contributed by atoms with van der Waals surface area (Å²) in [5, 5.41) is 0. The molecule has 0 N–H and O–H groups in total. The summed E-state index contributed by atoms with van der Waals surface area (Å²) >= 11 is 2.21. The van der Waals surface area contributed by atoms with Gasteiger partial charge in [-0.3, -0.25) is 0 Å². The highest BCUT2D eigenvalue weighted by molar-refractivity contribution is 14.1. The van der Waals surface area contributed by atoms with Crippen molar-refractivity contribution in [2.24, 2.45) is 4.99 Å². The fraction of sp³-hybridized carbons (Fsp3) is 0.0588. The van der Waals surface area contributed by atoms with Gasteiger partial charge in [0.2, 0.25) is 5.90 Å². The molecule has 0 saturated carbocycles. The van der Waals surface area contributed by atoms with E-state index in [9.17, 15) is 4.79 Å². The molecule has 1 aliphatic rings. The number of hydrogen-bond acceptors (Lipinski definition) is 4. The van der Waals surface area contributed by atoms with Crippen LogP contribution in [0.25, 0.3) is 6.08 Å². The van der Waals surface area contributed by atoms with E-state index in [0.717, 1.165) is 20.4 Å². The van der Waals surface area contributed by atoms with Gasteiger partial charge in [-0.2, -0.15) is 0 Å². The van der Waals surface area contributed by atoms with Gasteiger partial charge in [0.1, 0.15) is 5.75 Å². The third kappa shape index (κ3) is 3.19. The molecule has 4 nitrogen and oxygen atoms in total. The molecule has 0 aliphatic carbocycles. The summed E-state index contributed by atoms with van der Waals surface area (Å²) < 4.78 is 11.4. The number of aliphatic imine (C=N–C) groups is 1. The van der Waals surface area contributed by atoms with E-state index < -0.39 is 5.97 Å². The largest absolute Gasteiger partial charge is 0.497 e. The molecule has 0 saturated heterocycles. The highest BCUT2D eigenvalue weighted by Gasteiger charge is 2.24. The van der Waals surface area contributed by atoms with E-state index in [1.54, 1.807) is 13.2 Å². The van der Waals surface area contributed by atoms with Crippen LogP contribution in [-0.4, -0.2) is 19.0 Å². The molecule has 110 valence electrons. The molecule has 0 atom stereocenters. The molecule has 0 unspecified atom stereocenters. The van der Waals surface area contributed by atoms with Gasteiger partial charge in [0.15, 0.2) is 5.70 Å². The normalized spacial score (nSPS) is 15.6. The quantitative estimate of drug-likeness (QED) is 0.445. The summed E-state index contributed by atoms with van der Waals surface area (Å²) in [5.74, 6) is 0.659. The Bertz CT molecular complexity index is 779. The van der Waals surface area contributed by atoms with Crippen LogP contribution in [0.1, 0.15) is 11.1 Å². The minimum atomic E-state index is -0.440. The molecule has 2 aromatic rings. The molecule has 1 heterocycles. The van der Waals surface area contributed by atoms with Gasteiger partial charge < -0.3 is 9.47 Å². The highest BCUT2D eigenvalue weighted by atomic mass is 127. The molecule has 0 amide bonds. The zero-order chi connectivity index (χ0) is 15.5. The van der Waals surface area contributed by atoms with Crippen molar-refractivity contribution in [3.63, 3.8) is 0 Å². The van der Waals surface area contributed by atoms with Gasteiger partial charge in [-0.1, -0.05) is 18.2 Å². The van der Waals surface area contributed by atoms with Crippen LogP contribution in [0.15, 0.2) is 59.2 Å². The number of carbonyl (C=O) groups is 1. The number of carbonyl (C=O) groups excluding carboxylic acids is 1. The van der Waals surface area contributed by atoms with Crippen LogP contribution in [0.3, 0.4) is 0 Å². The third-order valence-corrected chi connectivity index (χ3v) is 3.78. The van der Waals surface area contributed by atoms with E-state index in [-0.39, 0.29) is 0 Å². The van der Waals surface area contributed by atoms with Crippen molar-refractivity contribution in [1.29, 1.82) is 0 Å². The Kier molecular flexibility index (Phi) is 4.24. The van der Waals surface area contributed by atoms with Crippen LogP contribution in [0, 0.1) is 3.57 Å². The standard InChI is InChI=1S/C17H12INO3/c1-21-14-7-5-11(6-8-14)9-15-17(20)22-16(19-15)12-3-2-4-13(18)10-12/h2-10H,1H3/b15-9-. The predicted molar refractivity (Wildman–Crippen MR) is 92.8 cm³/mol. The molecule has 3 rings (SSSR count). The second-order valence-electron chi connectivity index (χ2n) is 4.62. The van der Waals surface area contributed by atoms with E-state index in [2.05, 4.69) is 27.6 Å². The predicted octanol–water partition coefficient (Wildman–Crippen LogP) is 3.64. The minimum absolute atomic E-state index is 0.291. The van der Waals surface area contributed by atoms with Crippen LogP contribution in [0.4, 0.5) is 0 Å². The molecule has 0 aromatic heterocycles. The van der Waals surface area contributed by atoms with Crippen molar-refractivity contribution < 1.29 is 14.3 Å².